The van der Waals surface area contributed by atoms with Gasteiger partial charge < -0.3 is 4.52 Å². The largest absolute Gasteiger partial charge is 0.344 e. The van der Waals surface area contributed by atoms with Crippen LogP contribution in [0.25, 0.3) is 11.4 Å². The Morgan fingerprint density at radius 3 is 2.79 bits per heavy atom. The molecule has 0 saturated heterocycles. The van der Waals surface area contributed by atoms with Gasteiger partial charge in [-0.2, -0.15) is 4.98 Å². The Bertz CT molecular complexity index is 899. The van der Waals surface area contributed by atoms with Crippen molar-refractivity contribution >= 4 is 10.8 Å². The molecule has 0 aliphatic rings. The van der Waals surface area contributed by atoms with Crippen LogP contribution in [0.5, 0.6) is 0 Å². The highest BCUT2D eigenvalue weighted by Gasteiger charge is 2.26. The van der Waals surface area contributed by atoms with Gasteiger partial charge in [-0.25, -0.2) is 9.89 Å². The smallest absolute Gasteiger partial charge is 0.338 e. The van der Waals surface area contributed by atoms with Gasteiger partial charge in [0.2, 0.25) is 16.9 Å². The zero-order valence-electron chi connectivity index (χ0n) is 13.3. The third kappa shape index (κ3) is 3.07. The summed E-state index contributed by atoms with van der Waals surface area (Å²) >= 11 is 0. The first kappa shape index (κ1) is 16.3. The number of hydrogen-bond donors (Lipinski definition) is 1. The number of rotatable bonds is 6. The molecule has 8 nitrogen and oxygen atoms in total. The monoisotopic (exact) mass is 347 g/mol. The van der Waals surface area contributed by atoms with E-state index in [0.29, 0.717) is 12.4 Å². The average molecular weight is 347 g/mol. The summed E-state index contributed by atoms with van der Waals surface area (Å²) < 4.78 is 19.4. The minimum atomic E-state index is -1.59. The van der Waals surface area contributed by atoms with E-state index in [2.05, 4.69) is 20.3 Å². The maximum Gasteiger partial charge on any atom is 0.344 e. The summed E-state index contributed by atoms with van der Waals surface area (Å²) in [6, 6.07) is 9.37. The van der Waals surface area contributed by atoms with Gasteiger partial charge >= 0.3 is 5.69 Å². The van der Waals surface area contributed by atoms with Gasteiger partial charge in [0, 0.05) is 12.1 Å². The first-order valence-corrected chi connectivity index (χ1v) is 8.78. The van der Waals surface area contributed by atoms with E-state index in [4.69, 9.17) is 4.52 Å². The molecule has 9 heteroatoms. The summed E-state index contributed by atoms with van der Waals surface area (Å²) in [7, 11) is -1.59. The van der Waals surface area contributed by atoms with Gasteiger partial charge in [0.05, 0.1) is 0 Å². The lowest BCUT2D eigenvalue weighted by molar-refractivity contribution is 0.379. The van der Waals surface area contributed by atoms with Crippen molar-refractivity contribution < 1.29 is 8.73 Å². The fourth-order valence-corrected chi connectivity index (χ4v) is 3.35. The van der Waals surface area contributed by atoms with Crippen LogP contribution in [0, 0.1) is 0 Å². The number of nitrogens with one attached hydrogen (secondary N) is 1. The number of H-pyrrole nitrogens is 1. The predicted molar refractivity (Wildman–Crippen MR) is 87.7 cm³/mol. The highest BCUT2D eigenvalue weighted by molar-refractivity contribution is 7.85. The average Bonchev–Trinajstić information content (AvgIpc) is 3.23. The molecule has 2 atom stereocenters. The molecule has 126 valence electrons. The SMILES string of the molecule is CCCn1c([S@](=O)[C@H](C)c2nc(-c3ccccc3)no2)n[nH]c1=O. The normalized spacial score (nSPS) is 13.8. The lowest BCUT2D eigenvalue weighted by atomic mass is 10.2. The van der Waals surface area contributed by atoms with Crippen LogP contribution in [0.2, 0.25) is 0 Å². The van der Waals surface area contributed by atoms with Crippen LogP contribution in [-0.4, -0.2) is 29.1 Å². The number of benzene rings is 1. The molecule has 1 N–H and O–H groups in total. The molecule has 0 saturated carbocycles. The van der Waals surface area contributed by atoms with Gasteiger partial charge in [0.25, 0.3) is 0 Å². The third-order valence-electron chi connectivity index (χ3n) is 3.49. The van der Waals surface area contributed by atoms with E-state index in [1.54, 1.807) is 6.92 Å². The van der Waals surface area contributed by atoms with Gasteiger partial charge in [-0.15, -0.1) is 5.10 Å². The Labute approximate surface area is 140 Å². The van der Waals surface area contributed by atoms with Gasteiger partial charge in [0.1, 0.15) is 16.0 Å². The highest BCUT2D eigenvalue weighted by Crippen LogP contribution is 2.24. The number of aromatic amines is 1. The van der Waals surface area contributed by atoms with E-state index in [1.807, 2.05) is 37.3 Å². The van der Waals surface area contributed by atoms with E-state index in [0.717, 1.165) is 12.0 Å². The Morgan fingerprint density at radius 2 is 2.08 bits per heavy atom. The van der Waals surface area contributed by atoms with Gasteiger partial charge in [-0.05, 0) is 13.3 Å². The molecule has 0 spiro atoms. The molecular weight excluding hydrogens is 330 g/mol. The van der Waals surface area contributed by atoms with Crippen molar-refractivity contribution in [3.05, 3.63) is 46.7 Å². The van der Waals surface area contributed by atoms with E-state index >= 15 is 0 Å². The van der Waals surface area contributed by atoms with Crippen molar-refractivity contribution in [1.82, 2.24) is 24.9 Å². The minimum absolute atomic E-state index is 0.189. The molecule has 0 aliphatic carbocycles. The molecule has 2 aromatic heterocycles. The third-order valence-corrected chi connectivity index (χ3v) is 5.01. The molecule has 1 aromatic carbocycles. The van der Waals surface area contributed by atoms with Crippen LogP contribution in [-0.2, 0) is 17.3 Å². The fourth-order valence-electron chi connectivity index (χ4n) is 2.23. The Balaban J connectivity index is 1.87. The molecule has 0 fully saturated rings. The summed E-state index contributed by atoms with van der Waals surface area (Å²) in [5.41, 5.74) is 0.441. The second-order valence-corrected chi connectivity index (χ2v) is 6.89. The van der Waals surface area contributed by atoms with Crippen molar-refractivity contribution in [3.63, 3.8) is 0 Å². The minimum Gasteiger partial charge on any atom is -0.338 e. The maximum absolute atomic E-state index is 12.7. The second-order valence-electron chi connectivity index (χ2n) is 5.22. The van der Waals surface area contributed by atoms with Crippen LogP contribution in [0.15, 0.2) is 44.8 Å². The highest BCUT2D eigenvalue weighted by atomic mass is 32.2. The van der Waals surface area contributed by atoms with Crippen molar-refractivity contribution in [2.24, 2.45) is 0 Å². The van der Waals surface area contributed by atoms with E-state index in [-0.39, 0.29) is 16.7 Å². The molecule has 0 radical (unpaired) electrons. The second kappa shape index (κ2) is 6.91. The van der Waals surface area contributed by atoms with Crippen molar-refractivity contribution in [2.75, 3.05) is 0 Å². The van der Waals surface area contributed by atoms with Gasteiger partial charge in [-0.3, -0.25) is 8.78 Å². The Morgan fingerprint density at radius 1 is 1.33 bits per heavy atom. The number of nitrogens with zero attached hydrogens (tertiary/aromatic N) is 4. The van der Waals surface area contributed by atoms with Crippen LogP contribution in [0.1, 0.15) is 31.4 Å². The molecule has 3 rings (SSSR count). The van der Waals surface area contributed by atoms with Gasteiger partial charge in [-0.1, -0.05) is 42.4 Å². The molecule has 2 heterocycles. The summed E-state index contributed by atoms with van der Waals surface area (Å²) in [5, 5.41) is 9.76. The lowest BCUT2D eigenvalue weighted by Gasteiger charge is -2.07. The topological polar surface area (TPSA) is 107 Å². The molecule has 24 heavy (non-hydrogen) atoms. The quantitative estimate of drug-likeness (QED) is 0.730. The first-order valence-electron chi connectivity index (χ1n) is 7.56. The summed E-state index contributed by atoms with van der Waals surface area (Å²) in [5.74, 6) is 0.674. The Hall–Kier alpha value is -2.55. The molecule has 0 bridgehead atoms. The van der Waals surface area contributed by atoms with Crippen LogP contribution >= 0.6 is 0 Å². The van der Waals surface area contributed by atoms with Gasteiger partial charge in [0.15, 0.2) is 0 Å². The molecular formula is C15H17N5O3S. The molecule has 3 aromatic rings. The van der Waals surface area contributed by atoms with Crippen LogP contribution < -0.4 is 5.69 Å². The van der Waals surface area contributed by atoms with Crippen molar-refractivity contribution in [3.8, 4) is 11.4 Å². The molecule has 0 unspecified atom stereocenters. The first-order chi connectivity index (χ1) is 11.6. The standard InChI is InChI=1S/C15H17N5O3S/c1-3-9-20-14(21)17-18-15(20)24(22)10(2)13-16-12(19-23-13)11-7-5-4-6-8-11/h4-8,10H,3,9H2,1-2H3,(H,17,21)/t10-,24-/m1/s1. The molecule has 0 amide bonds. The Kier molecular flexibility index (Phi) is 4.70. The number of aromatic nitrogens is 5. The summed E-state index contributed by atoms with van der Waals surface area (Å²) in [6.07, 6.45) is 0.733. The van der Waals surface area contributed by atoms with E-state index in [9.17, 15) is 9.00 Å². The molecule has 0 aliphatic heterocycles. The summed E-state index contributed by atoms with van der Waals surface area (Å²) in [6.45, 7) is 4.08. The van der Waals surface area contributed by atoms with Crippen LogP contribution in [0.3, 0.4) is 0 Å². The van der Waals surface area contributed by atoms with E-state index < -0.39 is 16.0 Å². The lowest BCUT2D eigenvalue weighted by Crippen LogP contribution is -2.20. The van der Waals surface area contributed by atoms with Crippen molar-refractivity contribution in [2.45, 2.75) is 37.2 Å². The zero-order chi connectivity index (χ0) is 17.1. The maximum atomic E-state index is 12.7. The summed E-state index contributed by atoms with van der Waals surface area (Å²) in [4.78, 5) is 16.1. The fraction of sp³-hybridized carbons (Fsp3) is 0.333. The van der Waals surface area contributed by atoms with Crippen LogP contribution in [0.4, 0.5) is 0 Å². The van der Waals surface area contributed by atoms with E-state index in [1.165, 1.54) is 4.57 Å². The predicted octanol–water partition coefficient (Wildman–Crippen LogP) is 1.90. The zero-order valence-corrected chi connectivity index (χ0v) is 14.1. The van der Waals surface area contributed by atoms with Crippen molar-refractivity contribution in [1.29, 1.82) is 0 Å². The number of hydrogen-bond acceptors (Lipinski definition) is 6.